The predicted molar refractivity (Wildman–Crippen MR) is 63.3 cm³/mol. The van der Waals surface area contributed by atoms with Crippen LogP contribution in [0, 0.1) is 0 Å². The lowest BCUT2D eigenvalue weighted by Gasteiger charge is -2.24. The maximum absolute atomic E-state index is 12.8. The number of hydrogen-bond donors (Lipinski definition) is 0. The van der Waals surface area contributed by atoms with E-state index in [-0.39, 0.29) is 11.3 Å². The molecule has 0 aromatic carbocycles. The number of ether oxygens (including phenoxy) is 2. The third kappa shape index (κ3) is 3.73. The zero-order valence-corrected chi connectivity index (χ0v) is 11.1. The Balaban J connectivity index is 2.24. The second-order valence-electron chi connectivity index (χ2n) is 4.00. The van der Waals surface area contributed by atoms with Crippen molar-refractivity contribution < 1.29 is 22.6 Å². The third-order valence-corrected chi connectivity index (χ3v) is 3.23. The summed E-state index contributed by atoms with van der Waals surface area (Å²) in [4.78, 5) is 7.47. The van der Waals surface area contributed by atoms with Crippen LogP contribution in [0.25, 0.3) is 0 Å². The fraction of sp³-hybridized carbons (Fsp3) is 0.636. The minimum atomic E-state index is -4.52. The van der Waals surface area contributed by atoms with Crippen LogP contribution in [-0.2, 0) is 10.9 Å². The molecule has 4 nitrogen and oxygen atoms in total. The lowest BCUT2D eigenvalue weighted by molar-refractivity contribution is -0.140. The first-order valence-corrected chi connectivity index (χ1v) is 6.96. The van der Waals surface area contributed by atoms with Crippen molar-refractivity contribution in [2.75, 3.05) is 19.5 Å². The Morgan fingerprint density at radius 2 is 2.05 bits per heavy atom. The molecule has 0 N–H and O–H groups in total. The quantitative estimate of drug-likeness (QED) is 0.633. The summed E-state index contributed by atoms with van der Waals surface area (Å²) >= 11 is 1.17. The zero-order chi connectivity index (χ0) is 13.9. The Hall–Kier alpha value is -1.02. The average Bonchev–Trinajstić information content (AvgIpc) is 2.38. The minimum Gasteiger partial charge on any atom is -0.474 e. The first-order valence-electron chi connectivity index (χ1n) is 5.73. The van der Waals surface area contributed by atoms with E-state index in [0.717, 1.165) is 6.20 Å². The SMILES string of the molecule is CSc1ncc(C(F)(F)F)c(OC2CCOCC2)n1. The van der Waals surface area contributed by atoms with Crippen LogP contribution in [0.3, 0.4) is 0 Å². The minimum absolute atomic E-state index is 0.259. The van der Waals surface area contributed by atoms with Gasteiger partial charge in [-0.3, -0.25) is 0 Å². The van der Waals surface area contributed by atoms with Crippen molar-refractivity contribution in [3.63, 3.8) is 0 Å². The zero-order valence-electron chi connectivity index (χ0n) is 10.2. The van der Waals surface area contributed by atoms with Crippen molar-refractivity contribution >= 4 is 11.8 Å². The van der Waals surface area contributed by atoms with Crippen molar-refractivity contribution in [1.29, 1.82) is 0 Å². The van der Waals surface area contributed by atoms with E-state index in [2.05, 4.69) is 9.97 Å². The van der Waals surface area contributed by atoms with Gasteiger partial charge in [-0.2, -0.15) is 18.2 Å². The fourth-order valence-electron chi connectivity index (χ4n) is 1.69. The van der Waals surface area contributed by atoms with Gasteiger partial charge < -0.3 is 9.47 Å². The van der Waals surface area contributed by atoms with Crippen LogP contribution in [0.5, 0.6) is 5.88 Å². The lowest BCUT2D eigenvalue weighted by atomic mass is 10.1. The summed E-state index contributed by atoms with van der Waals surface area (Å²) in [5.41, 5.74) is -0.934. The second kappa shape index (κ2) is 5.96. The molecule has 106 valence electrons. The van der Waals surface area contributed by atoms with Gasteiger partial charge in [-0.05, 0) is 6.26 Å². The van der Waals surface area contributed by atoms with Crippen LogP contribution in [0.1, 0.15) is 18.4 Å². The van der Waals surface area contributed by atoms with Gasteiger partial charge >= 0.3 is 6.18 Å². The largest absolute Gasteiger partial charge is 0.474 e. The molecule has 1 saturated heterocycles. The van der Waals surface area contributed by atoms with Crippen LogP contribution < -0.4 is 4.74 Å². The Labute approximate surface area is 112 Å². The molecule has 1 fully saturated rings. The van der Waals surface area contributed by atoms with Crippen LogP contribution in [-0.4, -0.2) is 35.5 Å². The maximum atomic E-state index is 12.8. The van der Waals surface area contributed by atoms with E-state index in [0.29, 0.717) is 26.1 Å². The third-order valence-electron chi connectivity index (χ3n) is 2.67. The molecule has 0 saturated carbocycles. The molecule has 0 aliphatic carbocycles. The van der Waals surface area contributed by atoms with E-state index in [1.54, 1.807) is 6.26 Å². The molecule has 8 heteroatoms. The molecular formula is C11H13F3N2O2S. The molecule has 0 radical (unpaired) electrons. The predicted octanol–water partition coefficient (Wildman–Crippen LogP) is 2.78. The highest BCUT2D eigenvalue weighted by atomic mass is 32.2. The number of rotatable bonds is 3. The molecule has 1 aliphatic heterocycles. The topological polar surface area (TPSA) is 44.2 Å². The highest BCUT2D eigenvalue weighted by Gasteiger charge is 2.37. The van der Waals surface area contributed by atoms with Gasteiger partial charge in [-0.25, -0.2) is 4.98 Å². The van der Waals surface area contributed by atoms with Crippen LogP contribution in [0.15, 0.2) is 11.4 Å². The first-order chi connectivity index (χ1) is 9.00. The normalized spacial score (nSPS) is 17.5. The summed E-state index contributed by atoms with van der Waals surface area (Å²) < 4.78 is 49.1. The van der Waals surface area contributed by atoms with Gasteiger partial charge in [0.25, 0.3) is 0 Å². The van der Waals surface area contributed by atoms with E-state index in [1.165, 1.54) is 11.8 Å². The van der Waals surface area contributed by atoms with Crippen molar-refractivity contribution in [1.82, 2.24) is 9.97 Å². The molecule has 0 atom stereocenters. The van der Waals surface area contributed by atoms with Gasteiger partial charge in [0.1, 0.15) is 11.7 Å². The Kier molecular flexibility index (Phi) is 4.51. The molecule has 2 rings (SSSR count). The van der Waals surface area contributed by atoms with Gasteiger partial charge in [-0.1, -0.05) is 11.8 Å². The molecule has 1 aromatic heterocycles. The smallest absolute Gasteiger partial charge is 0.423 e. The highest BCUT2D eigenvalue weighted by Crippen LogP contribution is 2.36. The van der Waals surface area contributed by atoms with E-state index in [9.17, 15) is 13.2 Å². The van der Waals surface area contributed by atoms with Crippen LogP contribution in [0.4, 0.5) is 13.2 Å². The summed E-state index contributed by atoms with van der Waals surface area (Å²) in [6.45, 7) is 0.985. The molecular weight excluding hydrogens is 281 g/mol. The number of halogens is 3. The summed E-state index contributed by atoms with van der Waals surface area (Å²) in [5, 5.41) is 0.259. The monoisotopic (exact) mass is 294 g/mol. The van der Waals surface area contributed by atoms with Gasteiger partial charge in [0, 0.05) is 19.0 Å². The summed E-state index contributed by atoms with van der Waals surface area (Å²) in [7, 11) is 0. The Morgan fingerprint density at radius 1 is 1.37 bits per heavy atom. The van der Waals surface area contributed by atoms with Crippen molar-refractivity contribution in [3.8, 4) is 5.88 Å². The van der Waals surface area contributed by atoms with Gasteiger partial charge in [0.2, 0.25) is 5.88 Å². The summed E-state index contributed by atoms with van der Waals surface area (Å²) in [5.74, 6) is -0.390. The molecule has 1 aliphatic rings. The Morgan fingerprint density at radius 3 is 2.63 bits per heavy atom. The van der Waals surface area contributed by atoms with E-state index in [1.807, 2.05) is 0 Å². The molecule has 0 amide bonds. The first kappa shape index (κ1) is 14.4. The van der Waals surface area contributed by atoms with Gasteiger partial charge in [0.15, 0.2) is 5.16 Å². The molecule has 0 spiro atoms. The summed E-state index contributed by atoms with van der Waals surface area (Å²) in [6.07, 6.45) is -1.21. The maximum Gasteiger partial charge on any atom is 0.423 e. The van der Waals surface area contributed by atoms with Crippen molar-refractivity contribution in [2.24, 2.45) is 0 Å². The van der Waals surface area contributed by atoms with Crippen LogP contribution >= 0.6 is 11.8 Å². The summed E-state index contributed by atoms with van der Waals surface area (Å²) in [6, 6.07) is 0. The number of alkyl halides is 3. The molecule has 2 heterocycles. The number of hydrogen-bond acceptors (Lipinski definition) is 5. The molecule has 1 aromatic rings. The molecule has 0 unspecified atom stereocenters. The number of nitrogens with zero attached hydrogens (tertiary/aromatic N) is 2. The molecule has 19 heavy (non-hydrogen) atoms. The van der Waals surface area contributed by atoms with Crippen LogP contribution in [0.2, 0.25) is 0 Å². The number of aromatic nitrogens is 2. The molecule has 0 bridgehead atoms. The van der Waals surface area contributed by atoms with Gasteiger partial charge in [-0.15, -0.1) is 0 Å². The highest BCUT2D eigenvalue weighted by molar-refractivity contribution is 7.98. The van der Waals surface area contributed by atoms with E-state index < -0.39 is 17.6 Å². The van der Waals surface area contributed by atoms with Crippen molar-refractivity contribution in [2.45, 2.75) is 30.3 Å². The lowest BCUT2D eigenvalue weighted by Crippen LogP contribution is -2.27. The van der Waals surface area contributed by atoms with E-state index in [4.69, 9.17) is 9.47 Å². The standard InChI is InChI=1S/C11H13F3N2O2S/c1-19-10-15-6-8(11(12,13)14)9(16-10)18-7-2-4-17-5-3-7/h6-7H,2-5H2,1H3. The average molecular weight is 294 g/mol. The van der Waals surface area contributed by atoms with Gasteiger partial charge in [0.05, 0.1) is 13.2 Å². The Bertz CT molecular complexity index is 436. The van der Waals surface area contributed by atoms with Crippen molar-refractivity contribution in [3.05, 3.63) is 11.8 Å². The van der Waals surface area contributed by atoms with E-state index >= 15 is 0 Å². The fourth-order valence-corrected chi connectivity index (χ4v) is 2.02. The second-order valence-corrected chi connectivity index (χ2v) is 4.78. The number of thioether (sulfide) groups is 1.